The van der Waals surface area contributed by atoms with E-state index < -0.39 is 19.4 Å². The van der Waals surface area contributed by atoms with Crippen molar-refractivity contribution in [2.45, 2.75) is 142 Å². The molecule has 0 aliphatic heterocycles. The van der Waals surface area contributed by atoms with Crippen molar-refractivity contribution in [1.29, 1.82) is 0 Å². The maximum Gasteiger partial charge on any atom is 0.344 e. The summed E-state index contributed by atoms with van der Waals surface area (Å²) < 4.78 is 30.0. The van der Waals surface area contributed by atoms with Gasteiger partial charge in [0.05, 0.1) is 6.61 Å². The predicted octanol–water partition coefficient (Wildman–Crippen LogP) is 9.22. The molecule has 1 aromatic carbocycles. The fourth-order valence-corrected chi connectivity index (χ4v) is 7.64. The Bertz CT molecular complexity index is 1150. The number of benzene rings is 1. The van der Waals surface area contributed by atoms with E-state index in [2.05, 4.69) is 26.5 Å². The van der Waals surface area contributed by atoms with Gasteiger partial charge in [-0.15, -0.1) is 0 Å². The topological polar surface area (TPSA) is 105 Å². The molecular weight excluding hydrogens is 563 g/mol. The number of allylic oxidation sites excluding steroid dienone is 3. The lowest BCUT2D eigenvalue weighted by atomic mass is 9.73. The van der Waals surface area contributed by atoms with Gasteiger partial charge in [-0.3, -0.25) is 9.09 Å². The van der Waals surface area contributed by atoms with E-state index in [9.17, 15) is 19.4 Å². The van der Waals surface area contributed by atoms with E-state index in [0.717, 1.165) is 56.1 Å². The van der Waals surface area contributed by atoms with Crippen LogP contribution in [0, 0.1) is 5.92 Å². The molecule has 7 nitrogen and oxygen atoms in total. The number of unbranched alkanes of at least 4 members (excludes halogenated alkanes) is 6. The number of phosphoric ester groups is 1. The van der Waals surface area contributed by atoms with Crippen LogP contribution in [0.2, 0.25) is 0 Å². The Labute approximate surface area is 259 Å². The zero-order valence-electron chi connectivity index (χ0n) is 27.0. The van der Waals surface area contributed by atoms with Gasteiger partial charge in [-0.05, 0) is 88.8 Å². The van der Waals surface area contributed by atoms with Gasteiger partial charge in [0.2, 0.25) is 0 Å². The third-order valence-corrected chi connectivity index (χ3v) is 10.0. The minimum atomic E-state index is -4.77. The molecule has 0 spiro atoms. The fraction of sp³-hybridized carbons (Fsp3) is 0.686. The third kappa shape index (κ3) is 10.3. The quantitative estimate of drug-likeness (QED) is 0.0611. The molecule has 3 atom stereocenters. The number of esters is 1. The molecule has 3 rings (SSSR count). The second-order valence-corrected chi connectivity index (χ2v) is 14.1. The Kier molecular flexibility index (Phi) is 14.0. The predicted molar refractivity (Wildman–Crippen MR) is 170 cm³/mol. The lowest BCUT2D eigenvalue weighted by molar-refractivity contribution is -0.240. The molecule has 8 heteroatoms. The molecule has 0 amide bonds. The van der Waals surface area contributed by atoms with Crippen molar-refractivity contribution in [3.05, 3.63) is 47.1 Å². The molecule has 0 radical (unpaired) electrons. The molecule has 1 unspecified atom stereocenters. The van der Waals surface area contributed by atoms with Gasteiger partial charge < -0.3 is 19.3 Å². The smallest absolute Gasteiger partial charge is 0.344 e. The summed E-state index contributed by atoms with van der Waals surface area (Å²) >= 11 is 0. The number of hydrogen-bond donors (Lipinski definition) is 1. The highest BCUT2D eigenvalue weighted by Gasteiger charge is 2.46. The number of phenolic OH excluding ortho intramolecular Hbond substituents is 1. The first-order chi connectivity index (χ1) is 20.5. The van der Waals surface area contributed by atoms with Crippen molar-refractivity contribution < 1.29 is 33.1 Å². The lowest BCUT2D eigenvalue weighted by Crippen LogP contribution is -2.46. The molecule has 0 bridgehead atoms. The molecular formula is C35H54O7P-. The summed E-state index contributed by atoms with van der Waals surface area (Å²) in [5.74, 6) is -0.564. The number of phenols is 1. The van der Waals surface area contributed by atoms with Crippen LogP contribution >= 0.6 is 7.82 Å². The van der Waals surface area contributed by atoms with Crippen LogP contribution in [-0.2, 0) is 24.8 Å². The summed E-state index contributed by atoms with van der Waals surface area (Å²) in [5.41, 5.74) is 1.93. The van der Waals surface area contributed by atoms with Gasteiger partial charge in [0.25, 0.3) is 7.82 Å². The van der Waals surface area contributed by atoms with Crippen LogP contribution in [0.4, 0.5) is 0 Å². The second-order valence-electron chi connectivity index (χ2n) is 12.7. The van der Waals surface area contributed by atoms with Crippen LogP contribution in [0.3, 0.4) is 0 Å². The highest BCUT2D eigenvalue weighted by molar-refractivity contribution is 7.46. The molecule has 43 heavy (non-hydrogen) atoms. The molecule has 242 valence electrons. The van der Waals surface area contributed by atoms with Crippen LogP contribution in [0.25, 0.3) is 0 Å². The van der Waals surface area contributed by atoms with Crippen LogP contribution in [0.15, 0.2) is 35.9 Å². The van der Waals surface area contributed by atoms with Crippen molar-refractivity contribution in [3.8, 4) is 11.5 Å². The van der Waals surface area contributed by atoms with Gasteiger partial charge in [0.15, 0.2) is 5.60 Å². The number of rotatable bonds is 17. The summed E-state index contributed by atoms with van der Waals surface area (Å²) in [6.45, 7) is 12.5. The van der Waals surface area contributed by atoms with Crippen molar-refractivity contribution in [2.24, 2.45) is 5.92 Å². The van der Waals surface area contributed by atoms with Crippen molar-refractivity contribution in [3.63, 3.8) is 0 Å². The highest BCUT2D eigenvalue weighted by Crippen LogP contribution is 2.50. The first kappa shape index (κ1) is 35.6. The number of carbonyl (C=O) groups excluding carboxylic acids is 1. The number of aromatic hydroxyl groups is 1. The Morgan fingerprint density at radius 2 is 1.74 bits per heavy atom. The molecule has 0 heterocycles. The molecule has 1 aromatic rings. The Hall–Kier alpha value is -1.92. The monoisotopic (exact) mass is 617 g/mol. The van der Waals surface area contributed by atoms with Crippen LogP contribution < -0.4 is 9.63 Å². The minimum absolute atomic E-state index is 0.0342. The average Bonchev–Trinajstić information content (AvgIpc) is 2.94. The van der Waals surface area contributed by atoms with Gasteiger partial charge in [0.1, 0.15) is 11.5 Å². The zero-order chi connectivity index (χ0) is 31.5. The van der Waals surface area contributed by atoms with E-state index in [1.165, 1.54) is 24.8 Å². The van der Waals surface area contributed by atoms with Crippen molar-refractivity contribution in [1.82, 2.24) is 0 Å². The van der Waals surface area contributed by atoms with Crippen molar-refractivity contribution in [2.75, 3.05) is 6.61 Å². The lowest BCUT2D eigenvalue weighted by Gasteiger charge is -2.39. The summed E-state index contributed by atoms with van der Waals surface area (Å²) in [7, 11) is -4.77. The van der Waals surface area contributed by atoms with E-state index in [0.29, 0.717) is 31.2 Å². The second kappa shape index (κ2) is 17.0. The molecule has 1 N–H and O–H groups in total. The standard InChI is InChI=1S/C35H55O7P/c1-6-8-9-10-11-12-16-22-40-43(38,39)42-35(20-14-13-15-21-35)34(37)41-32-25-28(17-7-2)24-31(36)33(32)30-23-27(5)18-19-29(30)26(3)4/h23-25,29-30,36H,3,6-22H2,1-2,4-5H3,(H,38,39)/p-1/t29-,30+/m0/s1. The van der Waals surface area contributed by atoms with E-state index >= 15 is 0 Å². The maximum absolute atomic E-state index is 14.0. The summed E-state index contributed by atoms with van der Waals surface area (Å²) in [5, 5.41) is 11.3. The summed E-state index contributed by atoms with van der Waals surface area (Å²) in [6, 6.07) is 3.56. The average molecular weight is 618 g/mol. The van der Waals surface area contributed by atoms with Gasteiger partial charge in [0, 0.05) is 11.5 Å². The molecule has 1 saturated carbocycles. The normalized spacial score (nSPS) is 21.6. The Morgan fingerprint density at radius 1 is 1.07 bits per heavy atom. The Morgan fingerprint density at radius 3 is 2.40 bits per heavy atom. The van der Waals surface area contributed by atoms with Crippen LogP contribution in [0.5, 0.6) is 11.5 Å². The maximum atomic E-state index is 14.0. The zero-order valence-corrected chi connectivity index (χ0v) is 27.9. The third-order valence-electron chi connectivity index (χ3n) is 8.95. The number of phosphoric acid groups is 1. The first-order valence-electron chi connectivity index (χ1n) is 16.6. The van der Waals surface area contributed by atoms with Crippen LogP contribution in [-0.4, -0.2) is 23.3 Å². The highest BCUT2D eigenvalue weighted by atomic mass is 31.2. The molecule has 0 aromatic heterocycles. The molecule has 2 aliphatic carbocycles. The molecule has 1 fully saturated rings. The fourth-order valence-electron chi connectivity index (χ4n) is 6.55. The minimum Gasteiger partial charge on any atom is -0.756 e. The van der Waals surface area contributed by atoms with Gasteiger partial charge in [-0.1, -0.05) is 89.0 Å². The largest absolute Gasteiger partial charge is 0.756 e. The molecule has 0 saturated heterocycles. The number of carbonyl (C=O) groups is 1. The number of ether oxygens (including phenoxy) is 1. The molecule has 2 aliphatic rings. The summed E-state index contributed by atoms with van der Waals surface area (Å²) in [6.07, 6.45) is 15.4. The van der Waals surface area contributed by atoms with Gasteiger partial charge in [-0.2, -0.15) is 0 Å². The van der Waals surface area contributed by atoms with Crippen molar-refractivity contribution >= 4 is 13.8 Å². The number of hydrogen-bond acceptors (Lipinski definition) is 7. The van der Waals surface area contributed by atoms with Crippen LogP contribution in [0.1, 0.15) is 141 Å². The van der Waals surface area contributed by atoms with Gasteiger partial charge in [-0.25, -0.2) is 4.79 Å². The van der Waals surface area contributed by atoms with E-state index in [1.54, 1.807) is 6.07 Å². The summed E-state index contributed by atoms with van der Waals surface area (Å²) in [4.78, 5) is 27.0. The SMILES string of the molecule is C=C(C)[C@@H]1CCC(C)=C[C@H]1c1c(O)cc(CCC)cc1OC(=O)C1(OP(=O)([O-])OCCCCCCCCC)CCCCC1. The van der Waals surface area contributed by atoms with E-state index in [4.69, 9.17) is 13.8 Å². The first-order valence-corrected chi connectivity index (χ1v) is 18.0. The van der Waals surface area contributed by atoms with E-state index in [-0.39, 0.29) is 42.8 Å². The van der Waals surface area contributed by atoms with E-state index in [1.807, 2.05) is 19.9 Å². The van der Waals surface area contributed by atoms with Gasteiger partial charge >= 0.3 is 5.97 Å². The Balaban J connectivity index is 1.84. The number of aryl methyl sites for hydroxylation is 1.